The molecule has 0 saturated carbocycles. The monoisotopic (exact) mass is 178 g/mol. The summed E-state index contributed by atoms with van der Waals surface area (Å²) in [6.07, 6.45) is -4.65. The van der Waals surface area contributed by atoms with E-state index >= 15 is 0 Å². The van der Waals surface area contributed by atoms with Crippen LogP contribution in [-0.2, 0) is 4.74 Å². The zero-order valence-corrected chi connectivity index (χ0v) is 6.79. The van der Waals surface area contributed by atoms with Crippen molar-refractivity contribution in [3.05, 3.63) is 0 Å². The lowest BCUT2D eigenvalue weighted by molar-refractivity contribution is -0.0786. The summed E-state index contributed by atoms with van der Waals surface area (Å²) in [5.41, 5.74) is 0. The Morgan fingerprint density at radius 2 is 1.92 bits per heavy atom. The van der Waals surface area contributed by atoms with Gasteiger partial charge in [0.05, 0.1) is 12.7 Å². The van der Waals surface area contributed by atoms with E-state index in [0.717, 1.165) is 0 Å². The van der Waals surface area contributed by atoms with Crippen LogP contribution in [0.1, 0.15) is 6.92 Å². The molecule has 0 bridgehead atoms. The van der Waals surface area contributed by atoms with Gasteiger partial charge in [0.25, 0.3) is 0 Å². The van der Waals surface area contributed by atoms with Gasteiger partial charge in [-0.25, -0.2) is 0 Å². The molecule has 5 nitrogen and oxygen atoms in total. The molecule has 0 radical (unpaired) electrons. The molecule has 12 heavy (non-hydrogen) atoms. The number of rotatable bonds is 2. The third-order valence-corrected chi connectivity index (χ3v) is 2.11. The molecule has 1 aliphatic heterocycles. The molecule has 1 rings (SSSR count). The molecule has 0 aromatic rings. The van der Waals surface area contributed by atoms with E-state index in [1.165, 1.54) is 0 Å². The number of hydrogen-bond acceptors (Lipinski definition) is 5. The number of ether oxygens (including phenoxy) is 1. The van der Waals surface area contributed by atoms with Gasteiger partial charge >= 0.3 is 0 Å². The zero-order chi connectivity index (χ0) is 9.30. The van der Waals surface area contributed by atoms with Gasteiger partial charge in [0.2, 0.25) is 0 Å². The Bertz CT molecular complexity index is 151. The third-order valence-electron chi connectivity index (χ3n) is 2.11. The quantitative estimate of drug-likeness (QED) is 0.387. The molecule has 5 atom stereocenters. The van der Waals surface area contributed by atoms with Crippen LogP contribution in [0.5, 0.6) is 0 Å². The second-order valence-electron chi connectivity index (χ2n) is 3.04. The minimum absolute atomic E-state index is 0.485. The molecular formula is C7H14O5. The highest BCUT2D eigenvalue weighted by atomic mass is 16.6. The molecule has 4 N–H and O–H groups in total. The average Bonchev–Trinajstić information content (AvgIpc) is 2.32. The summed E-state index contributed by atoms with van der Waals surface area (Å²) in [5, 5.41) is 36.2. The number of hydrogen-bond donors (Lipinski definition) is 4. The maximum absolute atomic E-state index is 9.28. The van der Waals surface area contributed by atoms with Crippen molar-refractivity contribution in [3.63, 3.8) is 0 Å². The zero-order valence-electron chi connectivity index (χ0n) is 6.79. The van der Waals surface area contributed by atoms with Crippen LogP contribution in [0.25, 0.3) is 0 Å². The van der Waals surface area contributed by atoms with Crippen LogP contribution in [-0.4, -0.2) is 57.6 Å². The van der Waals surface area contributed by atoms with E-state index in [9.17, 15) is 10.2 Å². The second kappa shape index (κ2) is 3.68. The van der Waals surface area contributed by atoms with Crippen LogP contribution < -0.4 is 0 Å². The molecule has 0 aromatic heterocycles. The standard InChI is InChI=1S/C7H14O5/c1-3-5(10)6(11)7(12-3)4(9)2-8/h3-11H,2H2,1H3/t3-,4-,5-,6+,7+/m1/s1. The highest BCUT2D eigenvalue weighted by Crippen LogP contribution is 2.22. The van der Waals surface area contributed by atoms with Crippen LogP contribution in [0.15, 0.2) is 0 Å². The van der Waals surface area contributed by atoms with Crippen molar-refractivity contribution in [2.45, 2.75) is 37.4 Å². The molecule has 0 amide bonds. The van der Waals surface area contributed by atoms with Gasteiger partial charge < -0.3 is 25.2 Å². The van der Waals surface area contributed by atoms with E-state index in [0.29, 0.717) is 0 Å². The van der Waals surface area contributed by atoms with Crippen molar-refractivity contribution in [3.8, 4) is 0 Å². The Hall–Kier alpha value is -0.200. The smallest absolute Gasteiger partial charge is 0.115 e. The molecule has 72 valence electrons. The molecular weight excluding hydrogens is 164 g/mol. The van der Waals surface area contributed by atoms with Crippen molar-refractivity contribution in [1.29, 1.82) is 0 Å². The summed E-state index contributed by atoms with van der Waals surface area (Å²) in [6.45, 7) is 1.11. The lowest BCUT2D eigenvalue weighted by atomic mass is 10.1. The Morgan fingerprint density at radius 1 is 1.33 bits per heavy atom. The summed E-state index contributed by atoms with van der Waals surface area (Å²) in [4.78, 5) is 0. The maximum atomic E-state index is 9.28. The van der Waals surface area contributed by atoms with Crippen LogP contribution in [0.3, 0.4) is 0 Å². The van der Waals surface area contributed by atoms with Crippen molar-refractivity contribution < 1.29 is 25.2 Å². The lowest BCUT2D eigenvalue weighted by Crippen LogP contribution is -2.40. The van der Waals surface area contributed by atoms with Gasteiger partial charge in [0, 0.05) is 0 Å². The predicted molar refractivity (Wildman–Crippen MR) is 39.4 cm³/mol. The summed E-state index contributed by atoms with van der Waals surface area (Å²) >= 11 is 0. The second-order valence-corrected chi connectivity index (χ2v) is 3.04. The topological polar surface area (TPSA) is 90.2 Å². The van der Waals surface area contributed by atoms with E-state index < -0.39 is 37.1 Å². The molecule has 0 aliphatic carbocycles. The molecule has 1 saturated heterocycles. The summed E-state index contributed by atoms with van der Waals surface area (Å²) < 4.78 is 5.03. The molecule has 0 spiro atoms. The van der Waals surface area contributed by atoms with Gasteiger partial charge in [-0.3, -0.25) is 0 Å². The van der Waals surface area contributed by atoms with Gasteiger partial charge in [0.1, 0.15) is 24.4 Å². The van der Waals surface area contributed by atoms with E-state index in [1.54, 1.807) is 6.92 Å². The van der Waals surface area contributed by atoms with Gasteiger partial charge in [-0.1, -0.05) is 0 Å². The van der Waals surface area contributed by atoms with Gasteiger partial charge in [-0.15, -0.1) is 0 Å². The summed E-state index contributed by atoms with van der Waals surface area (Å²) in [5.74, 6) is 0. The highest BCUT2D eigenvalue weighted by Gasteiger charge is 2.43. The van der Waals surface area contributed by atoms with E-state index in [1.807, 2.05) is 0 Å². The predicted octanol–water partition coefficient (Wildman–Crippen LogP) is -2.15. The molecule has 1 aliphatic rings. The average molecular weight is 178 g/mol. The van der Waals surface area contributed by atoms with E-state index in [4.69, 9.17) is 14.9 Å². The van der Waals surface area contributed by atoms with Crippen LogP contribution in [0.4, 0.5) is 0 Å². The SMILES string of the molecule is C[C@H]1O[C@@H]([C@H](O)CO)[C@@H](O)[C@@H]1O. The van der Waals surface area contributed by atoms with Crippen molar-refractivity contribution in [1.82, 2.24) is 0 Å². The molecule has 1 heterocycles. The van der Waals surface area contributed by atoms with Crippen molar-refractivity contribution in [2.24, 2.45) is 0 Å². The van der Waals surface area contributed by atoms with Gasteiger partial charge in [0.15, 0.2) is 0 Å². The molecule has 5 heteroatoms. The van der Waals surface area contributed by atoms with Crippen molar-refractivity contribution >= 4 is 0 Å². The Balaban J connectivity index is 2.58. The molecule has 0 unspecified atom stereocenters. The minimum atomic E-state index is -1.14. The fourth-order valence-corrected chi connectivity index (χ4v) is 1.30. The highest BCUT2D eigenvalue weighted by molar-refractivity contribution is 4.91. The summed E-state index contributed by atoms with van der Waals surface area (Å²) in [7, 11) is 0. The van der Waals surface area contributed by atoms with E-state index in [-0.39, 0.29) is 0 Å². The van der Waals surface area contributed by atoms with Gasteiger partial charge in [-0.05, 0) is 6.92 Å². The Kier molecular flexibility index (Phi) is 3.03. The summed E-state index contributed by atoms with van der Waals surface area (Å²) in [6, 6.07) is 0. The normalized spacial score (nSPS) is 44.8. The molecule has 0 aromatic carbocycles. The first-order valence-electron chi connectivity index (χ1n) is 3.88. The lowest BCUT2D eigenvalue weighted by Gasteiger charge is -2.18. The first-order chi connectivity index (χ1) is 5.57. The molecule has 1 fully saturated rings. The number of aliphatic hydroxyl groups is 4. The minimum Gasteiger partial charge on any atom is -0.394 e. The fourth-order valence-electron chi connectivity index (χ4n) is 1.30. The Morgan fingerprint density at radius 3 is 2.25 bits per heavy atom. The van der Waals surface area contributed by atoms with Crippen LogP contribution in [0, 0.1) is 0 Å². The number of aliphatic hydroxyl groups excluding tert-OH is 4. The Labute approximate surface area is 70.2 Å². The van der Waals surface area contributed by atoms with Gasteiger partial charge in [-0.2, -0.15) is 0 Å². The third kappa shape index (κ3) is 1.60. The fraction of sp³-hybridized carbons (Fsp3) is 1.00. The van der Waals surface area contributed by atoms with Crippen molar-refractivity contribution in [2.75, 3.05) is 6.61 Å². The largest absolute Gasteiger partial charge is 0.394 e. The van der Waals surface area contributed by atoms with Crippen LogP contribution >= 0.6 is 0 Å². The van der Waals surface area contributed by atoms with E-state index in [2.05, 4.69) is 0 Å². The maximum Gasteiger partial charge on any atom is 0.115 e. The first-order valence-corrected chi connectivity index (χ1v) is 3.88. The van der Waals surface area contributed by atoms with Crippen LogP contribution in [0.2, 0.25) is 0 Å². The first kappa shape index (κ1) is 9.88.